The third-order valence-electron chi connectivity index (χ3n) is 6.56. The number of benzene rings is 1. The lowest BCUT2D eigenvalue weighted by atomic mass is 9.99. The number of carboxylic acid groups (broad SMARTS) is 1. The number of nitrogens with two attached hydrogens (primary N) is 2. The van der Waals surface area contributed by atoms with Gasteiger partial charge in [-0.15, -0.1) is 0 Å². The van der Waals surface area contributed by atoms with Crippen LogP contribution in [0.3, 0.4) is 0 Å². The molecule has 12 nitrogen and oxygen atoms in total. The van der Waals surface area contributed by atoms with Crippen molar-refractivity contribution in [3.05, 3.63) is 36.0 Å². The number of rotatable bonds is 16. The largest absolute Gasteiger partial charge is 0.480 e. The van der Waals surface area contributed by atoms with Crippen molar-refractivity contribution in [2.75, 3.05) is 12.0 Å². The molecule has 2 aromatic rings. The SMILES string of the molecule is CCC(C)C(N)C(=O)NC(CC(N)=O)C(=O)NC(CCSC)C(=O)NC(Cc1c[nH]c2ccccc12)C(=O)O. The van der Waals surface area contributed by atoms with Crippen LogP contribution in [0.4, 0.5) is 0 Å². The number of hydrogen-bond acceptors (Lipinski definition) is 7. The van der Waals surface area contributed by atoms with Gasteiger partial charge >= 0.3 is 5.97 Å². The van der Waals surface area contributed by atoms with E-state index in [1.165, 1.54) is 11.8 Å². The Balaban J connectivity index is 2.18. The number of amides is 4. The van der Waals surface area contributed by atoms with Crippen LogP contribution in [0.25, 0.3) is 10.9 Å². The van der Waals surface area contributed by atoms with Crippen molar-refractivity contribution in [1.82, 2.24) is 20.9 Å². The smallest absolute Gasteiger partial charge is 0.326 e. The lowest BCUT2D eigenvalue weighted by Gasteiger charge is -2.25. The normalized spacial score (nSPS) is 15.0. The van der Waals surface area contributed by atoms with Crippen LogP contribution in [0.15, 0.2) is 30.5 Å². The van der Waals surface area contributed by atoms with Gasteiger partial charge < -0.3 is 37.5 Å². The number of nitrogens with one attached hydrogen (secondary N) is 4. The molecule has 0 saturated carbocycles. The Morgan fingerprint density at radius 2 is 1.62 bits per heavy atom. The number of thioether (sulfide) groups is 1. The molecule has 0 aliphatic heterocycles. The van der Waals surface area contributed by atoms with Crippen molar-refractivity contribution in [3.63, 3.8) is 0 Å². The second kappa shape index (κ2) is 15.1. The molecule has 5 unspecified atom stereocenters. The first kappa shape index (κ1) is 31.6. The zero-order valence-corrected chi connectivity index (χ0v) is 23.2. The van der Waals surface area contributed by atoms with E-state index in [1.54, 1.807) is 13.1 Å². The Morgan fingerprint density at radius 3 is 2.23 bits per heavy atom. The third kappa shape index (κ3) is 9.29. The van der Waals surface area contributed by atoms with Crippen molar-refractivity contribution in [2.45, 2.75) is 63.7 Å². The number of carbonyl (C=O) groups is 5. The number of carboxylic acids is 1. The number of aromatic nitrogens is 1. The van der Waals surface area contributed by atoms with Crippen molar-refractivity contribution < 1.29 is 29.1 Å². The van der Waals surface area contributed by atoms with Gasteiger partial charge in [-0.25, -0.2) is 4.79 Å². The van der Waals surface area contributed by atoms with Gasteiger partial charge in [-0.05, 0) is 36.0 Å². The molecule has 4 amide bonds. The first-order valence-electron chi connectivity index (χ1n) is 12.7. The van der Waals surface area contributed by atoms with Gasteiger partial charge in [-0.1, -0.05) is 38.5 Å². The van der Waals surface area contributed by atoms with Crippen LogP contribution >= 0.6 is 11.8 Å². The predicted octanol–water partition coefficient (Wildman–Crippen LogP) is 0.251. The molecule has 9 N–H and O–H groups in total. The number of aromatic amines is 1. The van der Waals surface area contributed by atoms with E-state index in [0.29, 0.717) is 17.7 Å². The van der Waals surface area contributed by atoms with E-state index in [9.17, 15) is 29.1 Å². The first-order valence-corrected chi connectivity index (χ1v) is 14.1. The number of carbonyl (C=O) groups excluding carboxylic acids is 4. The Morgan fingerprint density at radius 1 is 1.00 bits per heavy atom. The Labute approximate surface area is 231 Å². The molecule has 5 atom stereocenters. The molecular formula is C26H38N6O6S. The molecule has 2 rings (SSSR count). The van der Waals surface area contributed by atoms with E-state index in [0.717, 1.165) is 10.9 Å². The summed E-state index contributed by atoms with van der Waals surface area (Å²) in [5.74, 6) is -3.89. The fourth-order valence-corrected chi connectivity index (χ4v) is 4.43. The molecule has 0 saturated heterocycles. The predicted molar refractivity (Wildman–Crippen MR) is 150 cm³/mol. The van der Waals surface area contributed by atoms with E-state index in [1.807, 2.05) is 37.4 Å². The Bertz CT molecular complexity index is 1170. The molecular weight excluding hydrogens is 524 g/mol. The summed E-state index contributed by atoms with van der Waals surface area (Å²) in [7, 11) is 0. The maximum absolute atomic E-state index is 13.2. The van der Waals surface area contributed by atoms with Crippen LogP contribution in [0.2, 0.25) is 0 Å². The fraction of sp³-hybridized carbons (Fsp3) is 0.500. The van der Waals surface area contributed by atoms with Crippen molar-refractivity contribution in [1.29, 1.82) is 0 Å². The molecule has 0 aliphatic carbocycles. The summed E-state index contributed by atoms with van der Waals surface area (Å²) in [6, 6.07) is 2.75. The van der Waals surface area contributed by atoms with Crippen molar-refractivity contribution in [2.24, 2.45) is 17.4 Å². The van der Waals surface area contributed by atoms with Crippen LogP contribution in [0.1, 0.15) is 38.7 Å². The molecule has 0 spiro atoms. The number of aliphatic carboxylic acids is 1. The van der Waals surface area contributed by atoms with Gasteiger partial charge in [0.25, 0.3) is 0 Å². The van der Waals surface area contributed by atoms with Crippen LogP contribution in [0, 0.1) is 5.92 Å². The van der Waals surface area contributed by atoms with Gasteiger partial charge in [-0.3, -0.25) is 19.2 Å². The highest BCUT2D eigenvalue weighted by atomic mass is 32.2. The van der Waals surface area contributed by atoms with Gasteiger partial charge in [0.1, 0.15) is 18.1 Å². The third-order valence-corrected chi connectivity index (χ3v) is 7.20. The minimum Gasteiger partial charge on any atom is -0.480 e. The lowest BCUT2D eigenvalue weighted by Crippen LogP contribution is -2.58. The van der Waals surface area contributed by atoms with Gasteiger partial charge in [-0.2, -0.15) is 11.8 Å². The van der Waals surface area contributed by atoms with E-state index in [-0.39, 0.29) is 18.8 Å². The van der Waals surface area contributed by atoms with Crippen LogP contribution in [-0.2, 0) is 30.4 Å². The highest BCUT2D eigenvalue weighted by molar-refractivity contribution is 7.98. The Hall–Kier alpha value is -3.58. The van der Waals surface area contributed by atoms with Crippen LogP contribution in [-0.4, -0.2) is 75.9 Å². The molecule has 13 heteroatoms. The van der Waals surface area contributed by atoms with Gasteiger partial charge in [0.05, 0.1) is 12.5 Å². The molecule has 0 aliphatic rings. The lowest BCUT2D eigenvalue weighted by molar-refractivity contribution is -0.142. The van der Waals surface area contributed by atoms with Crippen molar-refractivity contribution >= 4 is 52.3 Å². The zero-order valence-electron chi connectivity index (χ0n) is 22.4. The minimum atomic E-state index is -1.35. The summed E-state index contributed by atoms with van der Waals surface area (Å²) in [6.07, 6.45) is 3.84. The van der Waals surface area contributed by atoms with E-state index in [4.69, 9.17) is 11.5 Å². The molecule has 0 bridgehead atoms. The van der Waals surface area contributed by atoms with E-state index in [2.05, 4.69) is 20.9 Å². The zero-order chi connectivity index (χ0) is 29.1. The van der Waals surface area contributed by atoms with Gasteiger partial charge in [0.15, 0.2) is 0 Å². The monoisotopic (exact) mass is 562 g/mol. The summed E-state index contributed by atoms with van der Waals surface area (Å²) in [5, 5.41) is 18.2. The van der Waals surface area contributed by atoms with Crippen LogP contribution < -0.4 is 27.4 Å². The summed E-state index contributed by atoms with van der Waals surface area (Å²) >= 11 is 1.43. The summed E-state index contributed by atoms with van der Waals surface area (Å²) in [4.78, 5) is 65.6. The minimum absolute atomic E-state index is 0.0160. The maximum Gasteiger partial charge on any atom is 0.326 e. The average Bonchev–Trinajstić information content (AvgIpc) is 3.31. The number of para-hydroxylation sites is 1. The second-order valence-corrected chi connectivity index (χ2v) is 10.4. The maximum atomic E-state index is 13.2. The molecule has 39 heavy (non-hydrogen) atoms. The second-order valence-electron chi connectivity index (χ2n) is 9.45. The van der Waals surface area contributed by atoms with E-state index < -0.39 is 60.2 Å². The van der Waals surface area contributed by atoms with Crippen molar-refractivity contribution in [3.8, 4) is 0 Å². The van der Waals surface area contributed by atoms with Gasteiger partial charge in [0, 0.05) is 23.5 Å². The number of hydrogen-bond donors (Lipinski definition) is 7. The molecule has 0 radical (unpaired) electrons. The highest BCUT2D eigenvalue weighted by Crippen LogP contribution is 2.19. The standard InChI is InChI=1S/C26H38N6O6S/c1-4-14(2)22(28)25(36)31-19(12-21(27)33)24(35)30-18(9-10-39-3)23(34)32-20(26(37)38)11-15-13-29-17-8-6-5-7-16(15)17/h5-8,13-14,18-20,22,29H,4,9-12,28H2,1-3H3,(H2,27,33)(H,30,35)(H,31,36)(H,32,34)(H,37,38). The Kier molecular flexibility index (Phi) is 12.3. The fourth-order valence-electron chi connectivity index (χ4n) is 3.96. The highest BCUT2D eigenvalue weighted by Gasteiger charge is 2.32. The molecule has 1 aromatic heterocycles. The summed E-state index contributed by atoms with van der Waals surface area (Å²) in [5.41, 5.74) is 12.8. The quantitative estimate of drug-likeness (QED) is 0.150. The molecule has 214 valence electrons. The number of fused-ring (bicyclic) bond motifs is 1. The molecule has 1 heterocycles. The summed E-state index contributed by atoms with van der Waals surface area (Å²) < 4.78 is 0. The van der Waals surface area contributed by atoms with Crippen LogP contribution in [0.5, 0.6) is 0 Å². The first-order chi connectivity index (χ1) is 18.5. The van der Waals surface area contributed by atoms with Gasteiger partial charge in [0.2, 0.25) is 23.6 Å². The van der Waals surface area contributed by atoms with E-state index >= 15 is 0 Å². The number of primary amides is 1. The number of H-pyrrole nitrogens is 1. The molecule has 0 fully saturated rings. The topological polar surface area (TPSA) is 209 Å². The average molecular weight is 563 g/mol. The summed E-state index contributed by atoms with van der Waals surface area (Å²) in [6.45, 7) is 3.65. The molecule has 1 aromatic carbocycles.